The maximum absolute atomic E-state index is 12.5. The number of rotatable bonds is 6. The lowest BCUT2D eigenvalue weighted by Crippen LogP contribution is -2.40. The number of hydrogen-bond acceptors (Lipinski definition) is 5. The Hall–Kier alpha value is -2.48. The van der Waals surface area contributed by atoms with Gasteiger partial charge in [-0.05, 0) is 19.5 Å². The zero-order valence-electron chi connectivity index (χ0n) is 14.9. The summed E-state index contributed by atoms with van der Waals surface area (Å²) in [7, 11) is 1.74. The third-order valence-electron chi connectivity index (χ3n) is 4.69. The second-order valence-corrected chi connectivity index (χ2v) is 6.32. The molecule has 25 heavy (non-hydrogen) atoms. The van der Waals surface area contributed by atoms with E-state index in [-0.39, 0.29) is 11.8 Å². The van der Waals surface area contributed by atoms with Crippen LogP contribution in [0, 0.1) is 0 Å². The van der Waals surface area contributed by atoms with Crippen LogP contribution in [-0.4, -0.2) is 68.9 Å². The Bertz CT molecular complexity index is 783. The number of hydrogen-bond donors (Lipinski definition) is 1. The van der Waals surface area contributed by atoms with E-state index in [2.05, 4.69) is 34.1 Å². The second-order valence-electron chi connectivity index (χ2n) is 6.32. The van der Waals surface area contributed by atoms with Gasteiger partial charge in [0.25, 0.3) is 5.91 Å². The van der Waals surface area contributed by atoms with Crippen LogP contribution < -0.4 is 5.32 Å². The Labute approximate surface area is 146 Å². The number of aromatic nitrogens is 3. The summed E-state index contributed by atoms with van der Waals surface area (Å²) in [5, 5.41) is 7.03. The molecule has 2 aromatic heterocycles. The highest BCUT2D eigenvalue weighted by atomic mass is 16.2. The summed E-state index contributed by atoms with van der Waals surface area (Å²) < 4.78 is 1.62. The normalized spacial score (nSPS) is 17.7. The molecule has 0 saturated carbocycles. The van der Waals surface area contributed by atoms with Crippen LogP contribution >= 0.6 is 0 Å². The molecule has 134 valence electrons. The van der Waals surface area contributed by atoms with Crippen molar-refractivity contribution in [3.8, 4) is 0 Å². The molecule has 0 spiro atoms. The van der Waals surface area contributed by atoms with Crippen molar-refractivity contribution < 1.29 is 9.59 Å². The van der Waals surface area contributed by atoms with Crippen molar-refractivity contribution in [1.82, 2.24) is 29.7 Å². The summed E-state index contributed by atoms with van der Waals surface area (Å²) >= 11 is 0. The van der Waals surface area contributed by atoms with E-state index in [0.717, 1.165) is 25.2 Å². The fraction of sp³-hybridized carbons (Fsp3) is 0.529. The van der Waals surface area contributed by atoms with Crippen LogP contribution in [0.4, 0.5) is 0 Å². The molecule has 1 aliphatic rings. The first-order valence-electron chi connectivity index (χ1n) is 8.64. The van der Waals surface area contributed by atoms with E-state index in [0.29, 0.717) is 24.2 Å². The third-order valence-corrected chi connectivity index (χ3v) is 4.69. The van der Waals surface area contributed by atoms with Gasteiger partial charge in [0.1, 0.15) is 11.6 Å². The lowest BCUT2D eigenvalue weighted by molar-refractivity contribution is -0.128. The van der Waals surface area contributed by atoms with Crippen molar-refractivity contribution in [2.45, 2.75) is 32.9 Å². The molecule has 1 unspecified atom stereocenters. The highest BCUT2D eigenvalue weighted by Gasteiger charge is 2.31. The number of amides is 2. The van der Waals surface area contributed by atoms with Crippen molar-refractivity contribution in [3.05, 3.63) is 29.7 Å². The molecule has 2 amide bonds. The predicted octanol–water partition coefficient (Wildman–Crippen LogP) is 0.532. The summed E-state index contributed by atoms with van der Waals surface area (Å²) in [4.78, 5) is 32.8. The molecule has 3 rings (SSSR count). The Kier molecular flexibility index (Phi) is 4.98. The summed E-state index contributed by atoms with van der Waals surface area (Å²) in [6.45, 7) is 7.61. The van der Waals surface area contributed by atoms with Gasteiger partial charge in [0.05, 0.1) is 6.20 Å². The molecule has 0 aromatic carbocycles. The third kappa shape index (κ3) is 3.48. The van der Waals surface area contributed by atoms with Gasteiger partial charge in [-0.2, -0.15) is 5.10 Å². The minimum Gasteiger partial charge on any atom is -0.344 e. The van der Waals surface area contributed by atoms with Crippen LogP contribution in [0.25, 0.3) is 5.65 Å². The number of carbonyl (C=O) groups excluding carboxylic acids is 2. The molecule has 1 N–H and O–H groups in total. The molecule has 1 aliphatic heterocycles. The van der Waals surface area contributed by atoms with E-state index >= 15 is 0 Å². The first kappa shape index (κ1) is 17.3. The van der Waals surface area contributed by atoms with Crippen molar-refractivity contribution in [2.24, 2.45) is 0 Å². The van der Waals surface area contributed by atoms with Gasteiger partial charge in [-0.3, -0.25) is 14.5 Å². The smallest absolute Gasteiger partial charge is 0.257 e. The topological polar surface area (TPSA) is 82.8 Å². The first-order chi connectivity index (χ1) is 12.0. The van der Waals surface area contributed by atoms with Crippen LogP contribution in [0.1, 0.15) is 36.2 Å². The van der Waals surface area contributed by atoms with Gasteiger partial charge in [-0.15, -0.1) is 0 Å². The van der Waals surface area contributed by atoms with Gasteiger partial charge in [0.2, 0.25) is 5.91 Å². The van der Waals surface area contributed by atoms with Crippen molar-refractivity contribution in [1.29, 1.82) is 0 Å². The zero-order valence-corrected chi connectivity index (χ0v) is 14.9. The Morgan fingerprint density at radius 1 is 1.36 bits per heavy atom. The van der Waals surface area contributed by atoms with Gasteiger partial charge in [-0.1, -0.05) is 13.8 Å². The molecule has 0 radical (unpaired) electrons. The number of nitrogens with zero attached hydrogens (tertiary/aromatic N) is 5. The Morgan fingerprint density at radius 2 is 2.12 bits per heavy atom. The molecule has 0 aliphatic carbocycles. The van der Waals surface area contributed by atoms with Crippen LogP contribution in [-0.2, 0) is 11.3 Å². The van der Waals surface area contributed by atoms with E-state index in [1.54, 1.807) is 22.7 Å². The summed E-state index contributed by atoms with van der Waals surface area (Å²) in [6.07, 6.45) is 5.80. The average molecular weight is 344 g/mol. The van der Waals surface area contributed by atoms with Crippen LogP contribution in [0.15, 0.2) is 18.6 Å². The number of nitrogens with one attached hydrogen (secondary N) is 1. The van der Waals surface area contributed by atoms with E-state index in [1.807, 2.05) is 6.20 Å². The van der Waals surface area contributed by atoms with Gasteiger partial charge in [-0.25, -0.2) is 9.50 Å². The van der Waals surface area contributed by atoms with Crippen molar-refractivity contribution in [3.63, 3.8) is 0 Å². The largest absolute Gasteiger partial charge is 0.344 e. The first-order valence-corrected chi connectivity index (χ1v) is 8.64. The van der Waals surface area contributed by atoms with E-state index in [4.69, 9.17) is 0 Å². The average Bonchev–Trinajstić information content (AvgIpc) is 3.17. The minimum atomic E-state index is -0.464. The summed E-state index contributed by atoms with van der Waals surface area (Å²) in [5.41, 5.74) is 1.93. The molecule has 1 atom stereocenters. The summed E-state index contributed by atoms with van der Waals surface area (Å²) in [5.74, 6) is -0.369. The van der Waals surface area contributed by atoms with Crippen LogP contribution in [0.3, 0.4) is 0 Å². The quantitative estimate of drug-likeness (QED) is 0.827. The van der Waals surface area contributed by atoms with E-state index in [9.17, 15) is 9.59 Å². The molecule has 1 saturated heterocycles. The van der Waals surface area contributed by atoms with Gasteiger partial charge in [0, 0.05) is 38.1 Å². The van der Waals surface area contributed by atoms with E-state index in [1.165, 1.54) is 6.20 Å². The molecular weight excluding hydrogens is 320 g/mol. The molecular formula is C17H24N6O2. The molecule has 8 heteroatoms. The molecule has 0 bridgehead atoms. The monoisotopic (exact) mass is 344 g/mol. The lowest BCUT2D eigenvalue weighted by atomic mass is 10.2. The molecule has 3 heterocycles. The standard InChI is InChI=1S/C17H24N6O2/c1-4-22(5-2)10-12-8-18-15-13(9-19-23(15)11-12)16(24)20-14-6-7-21(3)17(14)25/h8-9,11,14H,4-7,10H2,1-3H3,(H,20,24). The SMILES string of the molecule is CCN(CC)Cc1cnc2c(C(=O)NC3CCN(C)C3=O)cnn2c1. The Balaban J connectivity index is 1.76. The maximum Gasteiger partial charge on any atom is 0.257 e. The minimum absolute atomic E-state index is 0.0562. The molecule has 2 aromatic rings. The van der Waals surface area contributed by atoms with Crippen molar-refractivity contribution in [2.75, 3.05) is 26.7 Å². The second kappa shape index (κ2) is 7.18. The lowest BCUT2D eigenvalue weighted by Gasteiger charge is -2.17. The van der Waals surface area contributed by atoms with Gasteiger partial charge in [0.15, 0.2) is 5.65 Å². The number of likely N-dealkylation sites (tertiary alicyclic amines) is 1. The number of likely N-dealkylation sites (N-methyl/N-ethyl adjacent to an activating group) is 1. The number of carbonyl (C=O) groups is 2. The molecule has 8 nitrogen and oxygen atoms in total. The van der Waals surface area contributed by atoms with Crippen molar-refractivity contribution >= 4 is 17.5 Å². The van der Waals surface area contributed by atoms with Crippen LogP contribution in [0.5, 0.6) is 0 Å². The highest BCUT2D eigenvalue weighted by molar-refractivity contribution is 6.02. The summed E-state index contributed by atoms with van der Waals surface area (Å²) in [6, 6.07) is -0.464. The predicted molar refractivity (Wildman–Crippen MR) is 93.1 cm³/mol. The zero-order chi connectivity index (χ0) is 18.0. The number of fused-ring (bicyclic) bond motifs is 1. The highest BCUT2D eigenvalue weighted by Crippen LogP contribution is 2.13. The fourth-order valence-corrected chi connectivity index (χ4v) is 3.05. The maximum atomic E-state index is 12.5. The van der Waals surface area contributed by atoms with Crippen LogP contribution in [0.2, 0.25) is 0 Å². The molecule has 1 fully saturated rings. The Morgan fingerprint density at radius 3 is 2.76 bits per heavy atom. The van der Waals surface area contributed by atoms with Gasteiger partial charge >= 0.3 is 0 Å². The fourth-order valence-electron chi connectivity index (χ4n) is 3.05. The van der Waals surface area contributed by atoms with E-state index < -0.39 is 6.04 Å². The van der Waals surface area contributed by atoms with Gasteiger partial charge < -0.3 is 10.2 Å².